The molecule has 6 nitrogen and oxygen atoms in total. The molecule has 0 heterocycles. The maximum absolute atomic E-state index is 12.4. The first-order valence-electron chi connectivity index (χ1n) is 8.99. The Kier molecular flexibility index (Phi) is 7.92. The summed E-state index contributed by atoms with van der Waals surface area (Å²) in [5.41, 5.74) is 2.01. The van der Waals surface area contributed by atoms with Crippen LogP contribution in [0.4, 0.5) is 0 Å². The number of amides is 1. The number of methoxy groups -OCH3 is 2. The average molecular weight is 379 g/mol. The number of carbonyl (C=O) groups is 1. The highest BCUT2D eigenvalue weighted by atomic mass is 16.5. The van der Waals surface area contributed by atoms with Gasteiger partial charge in [0.25, 0.3) is 5.91 Å². The molecular formula is C22H25N3O3. The number of benzene rings is 2. The maximum atomic E-state index is 12.4. The minimum atomic E-state index is -0.421. The lowest BCUT2D eigenvalue weighted by Gasteiger charge is -2.14. The SMILES string of the molecule is COc1ccc(C(C)NC(=O)/C(C#N)=C\NCCc2ccccc2OC)cc1. The monoisotopic (exact) mass is 379 g/mol. The lowest BCUT2D eigenvalue weighted by atomic mass is 10.1. The van der Waals surface area contributed by atoms with Gasteiger partial charge >= 0.3 is 0 Å². The molecular weight excluding hydrogens is 354 g/mol. The average Bonchev–Trinajstić information content (AvgIpc) is 2.73. The number of hydrogen-bond acceptors (Lipinski definition) is 5. The van der Waals surface area contributed by atoms with Gasteiger partial charge in [0.2, 0.25) is 0 Å². The molecule has 28 heavy (non-hydrogen) atoms. The molecule has 0 saturated carbocycles. The van der Waals surface area contributed by atoms with Crippen molar-refractivity contribution >= 4 is 5.91 Å². The normalized spacial score (nSPS) is 11.9. The quantitative estimate of drug-likeness (QED) is 0.397. The van der Waals surface area contributed by atoms with Crippen molar-refractivity contribution in [3.8, 4) is 17.6 Å². The summed E-state index contributed by atoms with van der Waals surface area (Å²) in [5.74, 6) is 1.15. The van der Waals surface area contributed by atoms with Crippen LogP contribution in [0, 0.1) is 11.3 Å². The first-order valence-corrected chi connectivity index (χ1v) is 8.99. The fourth-order valence-corrected chi connectivity index (χ4v) is 2.69. The van der Waals surface area contributed by atoms with Crippen molar-refractivity contribution in [2.24, 2.45) is 0 Å². The molecule has 0 radical (unpaired) electrons. The Labute approximate surface area is 165 Å². The fraction of sp³-hybridized carbons (Fsp3) is 0.273. The molecule has 0 spiro atoms. The number of hydrogen-bond donors (Lipinski definition) is 2. The van der Waals surface area contributed by atoms with E-state index in [0.29, 0.717) is 13.0 Å². The Balaban J connectivity index is 1.90. The second-order valence-corrected chi connectivity index (χ2v) is 6.15. The number of para-hydroxylation sites is 1. The second kappa shape index (κ2) is 10.6. The largest absolute Gasteiger partial charge is 0.497 e. The van der Waals surface area contributed by atoms with Crippen molar-refractivity contribution < 1.29 is 14.3 Å². The van der Waals surface area contributed by atoms with Gasteiger partial charge in [0.1, 0.15) is 23.1 Å². The zero-order valence-electron chi connectivity index (χ0n) is 16.4. The molecule has 1 unspecified atom stereocenters. The first-order chi connectivity index (χ1) is 13.6. The lowest BCUT2D eigenvalue weighted by Crippen LogP contribution is -2.28. The van der Waals surface area contributed by atoms with Gasteiger partial charge in [-0.15, -0.1) is 0 Å². The predicted octanol–water partition coefficient (Wildman–Crippen LogP) is 3.12. The van der Waals surface area contributed by atoms with Crippen LogP contribution < -0.4 is 20.1 Å². The molecule has 0 saturated heterocycles. The molecule has 0 aliphatic carbocycles. The van der Waals surface area contributed by atoms with Gasteiger partial charge < -0.3 is 20.1 Å². The molecule has 6 heteroatoms. The molecule has 2 aromatic rings. The van der Waals surface area contributed by atoms with E-state index >= 15 is 0 Å². The van der Waals surface area contributed by atoms with Gasteiger partial charge in [-0.05, 0) is 42.7 Å². The number of rotatable bonds is 9. The summed E-state index contributed by atoms with van der Waals surface area (Å²) in [4.78, 5) is 12.4. The zero-order chi connectivity index (χ0) is 20.4. The van der Waals surface area contributed by atoms with E-state index in [1.54, 1.807) is 14.2 Å². The van der Waals surface area contributed by atoms with Crippen LogP contribution in [-0.2, 0) is 11.2 Å². The number of ether oxygens (including phenoxy) is 2. The van der Waals surface area contributed by atoms with Crippen LogP contribution >= 0.6 is 0 Å². The summed E-state index contributed by atoms with van der Waals surface area (Å²) < 4.78 is 10.4. The van der Waals surface area contributed by atoms with Crippen LogP contribution in [0.5, 0.6) is 11.5 Å². The first kappa shape index (κ1) is 20.8. The van der Waals surface area contributed by atoms with Gasteiger partial charge in [-0.1, -0.05) is 30.3 Å². The highest BCUT2D eigenvalue weighted by Crippen LogP contribution is 2.18. The number of nitriles is 1. The third-order valence-corrected chi connectivity index (χ3v) is 4.31. The van der Waals surface area contributed by atoms with Gasteiger partial charge in [0, 0.05) is 12.7 Å². The molecule has 0 aliphatic rings. The van der Waals surface area contributed by atoms with Crippen LogP contribution in [0.3, 0.4) is 0 Å². The standard InChI is InChI=1S/C22H25N3O3/c1-16(17-8-10-20(27-2)11-9-17)25-22(26)19(14-23)15-24-13-12-18-6-4-5-7-21(18)28-3/h4-11,15-16,24H,12-13H2,1-3H3,(H,25,26)/b19-15-. The summed E-state index contributed by atoms with van der Waals surface area (Å²) in [6, 6.07) is 16.9. The highest BCUT2D eigenvalue weighted by molar-refractivity contribution is 5.97. The zero-order valence-corrected chi connectivity index (χ0v) is 16.4. The summed E-state index contributed by atoms with van der Waals surface area (Å²) >= 11 is 0. The number of nitrogens with one attached hydrogen (secondary N) is 2. The Morgan fingerprint density at radius 2 is 1.86 bits per heavy atom. The predicted molar refractivity (Wildman–Crippen MR) is 108 cm³/mol. The van der Waals surface area contributed by atoms with Gasteiger partial charge in [-0.3, -0.25) is 4.79 Å². The van der Waals surface area contributed by atoms with Crippen LogP contribution in [-0.4, -0.2) is 26.7 Å². The van der Waals surface area contributed by atoms with Crippen LogP contribution in [0.2, 0.25) is 0 Å². The van der Waals surface area contributed by atoms with Crippen molar-refractivity contribution in [1.82, 2.24) is 10.6 Å². The van der Waals surface area contributed by atoms with Crippen molar-refractivity contribution in [2.45, 2.75) is 19.4 Å². The minimum absolute atomic E-state index is 0.0281. The summed E-state index contributed by atoms with van der Waals surface area (Å²) in [7, 11) is 3.24. The molecule has 1 amide bonds. The van der Waals surface area contributed by atoms with E-state index in [4.69, 9.17) is 9.47 Å². The van der Waals surface area contributed by atoms with E-state index in [1.807, 2.05) is 61.5 Å². The molecule has 1 atom stereocenters. The topological polar surface area (TPSA) is 83.4 Å². The summed E-state index contributed by atoms with van der Waals surface area (Å²) in [6.45, 7) is 2.44. The molecule has 2 rings (SSSR count). The third-order valence-electron chi connectivity index (χ3n) is 4.31. The second-order valence-electron chi connectivity index (χ2n) is 6.15. The van der Waals surface area contributed by atoms with E-state index in [1.165, 1.54) is 6.20 Å². The molecule has 146 valence electrons. The van der Waals surface area contributed by atoms with Crippen molar-refractivity contribution in [3.63, 3.8) is 0 Å². The van der Waals surface area contributed by atoms with Crippen molar-refractivity contribution in [3.05, 3.63) is 71.4 Å². The highest BCUT2D eigenvalue weighted by Gasteiger charge is 2.13. The van der Waals surface area contributed by atoms with Crippen LogP contribution in [0.1, 0.15) is 24.1 Å². The van der Waals surface area contributed by atoms with Crippen molar-refractivity contribution in [1.29, 1.82) is 5.26 Å². The molecule has 2 N–H and O–H groups in total. The summed E-state index contributed by atoms with van der Waals surface area (Å²) in [5, 5.41) is 15.1. The van der Waals surface area contributed by atoms with E-state index in [-0.39, 0.29) is 11.6 Å². The van der Waals surface area contributed by atoms with E-state index in [9.17, 15) is 10.1 Å². The van der Waals surface area contributed by atoms with E-state index < -0.39 is 5.91 Å². The fourth-order valence-electron chi connectivity index (χ4n) is 2.69. The van der Waals surface area contributed by atoms with Crippen molar-refractivity contribution in [2.75, 3.05) is 20.8 Å². The van der Waals surface area contributed by atoms with Gasteiger partial charge in [0.15, 0.2) is 0 Å². The van der Waals surface area contributed by atoms with Gasteiger partial charge in [-0.2, -0.15) is 5.26 Å². The number of nitrogens with zero attached hydrogens (tertiary/aromatic N) is 1. The van der Waals surface area contributed by atoms with E-state index in [0.717, 1.165) is 22.6 Å². The Morgan fingerprint density at radius 3 is 2.50 bits per heavy atom. The van der Waals surface area contributed by atoms with Gasteiger partial charge in [-0.25, -0.2) is 0 Å². The molecule has 2 aromatic carbocycles. The van der Waals surface area contributed by atoms with Crippen LogP contribution in [0.15, 0.2) is 60.3 Å². The molecule has 0 aromatic heterocycles. The Bertz CT molecular complexity index is 854. The van der Waals surface area contributed by atoms with Crippen LogP contribution in [0.25, 0.3) is 0 Å². The Morgan fingerprint density at radius 1 is 1.14 bits per heavy atom. The summed E-state index contributed by atoms with van der Waals surface area (Å²) in [6.07, 6.45) is 2.16. The molecule has 0 fully saturated rings. The Hall–Kier alpha value is -3.46. The van der Waals surface area contributed by atoms with E-state index in [2.05, 4.69) is 10.6 Å². The van der Waals surface area contributed by atoms with Gasteiger partial charge in [0.05, 0.1) is 20.3 Å². The lowest BCUT2D eigenvalue weighted by molar-refractivity contribution is -0.117. The molecule has 0 bridgehead atoms. The molecule has 0 aliphatic heterocycles. The third kappa shape index (κ3) is 5.78. The smallest absolute Gasteiger partial charge is 0.263 e. The number of carbonyl (C=O) groups excluding carboxylic acids is 1. The maximum Gasteiger partial charge on any atom is 0.263 e. The minimum Gasteiger partial charge on any atom is -0.497 e.